The summed E-state index contributed by atoms with van der Waals surface area (Å²) in [5.74, 6) is -0.309. The molecular formula is C16H14FN3O. The molecule has 5 heteroatoms. The molecule has 0 spiro atoms. The zero-order chi connectivity index (χ0) is 14.7. The predicted molar refractivity (Wildman–Crippen MR) is 80.9 cm³/mol. The normalized spacial score (nSPS) is 10.7. The first-order valence-corrected chi connectivity index (χ1v) is 6.69. The Morgan fingerprint density at radius 2 is 1.86 bits per heavy atom. The molecule has 0 radical (unpaired) electrons. The van der Waals surface area contributed by atoms with Gasteiger partial charge in [0.05, 0.1) is 23.8 Å². The van der Waals surface area contributed by atoms with Crippen LogP contribution in [0, 0.1) is 5.82 Å². The number of aromatic nitrogens is 2. The van der Waals surface area contributed by atoms with Crippen LogP contribution in [0.4, 0.5) is 10.1 Å². The lowest BCUT2D eigenvalue weighted by atomic mass is 10.2. The minimum atomic E-state index is -0.309. The molecule has 0 aliphatic rings. The molecule has 0 bridgehead atoms. The highest BCUT2D eigenvalue weighted by molar-refractivity contribution is 5.80. The lowest BCUT2D eigenvalue weighted by Crippen LogP contribution is -2.26. The third-order valence-corrected chi connectivity index (χ3v) is 3.27. The molecule has 3 aromatic rings. The zero-order valence-electron chi connectivity index (χ0n) is 11.3. The van der Waals surface area contributed by atoms with E-state index in [-0.39, 0.29) is 11.4 Å². The molecule has 3 rings (SSSR count). The molecule has 1 heterocycles. The number of fused-ring (bicyclic) bond motifs is 1. The molecule has 0 atom stereocenters. The Labute approximate surface area is 120 Å². The highest BCUT2D eigenvalue weighted by Crippen LogP contribution is 2.11. The first-order valence-electron chi connectivity index (χ1n) is 6.69. The summed E-state index contributed by atoms with van der Waals surface area (Å²) in [6, 6.07) is 13.8. The molecule has 0 saturated heterocycles. The Bertz CT molecular complexity index is 829. The topological polar surface area (TPSA) is 46.9 Å². The molecule has 2 aromatic carbocycles. The van der Waals surface area contributed by atoms with Crippen LogP contribution in [0.3, 0.4) is 0 Å². The van der Waals surface area contributed by atoms with Crippen LogP contribution in [0.5, 0.6) is 0 Å². The maximum Gasteiger partial charge on any atom is 0.274 e. The number of halogens is 1. The number of benzene rings is 2. The van der Waals surface area contributed by atoms with E-state index in [1.54, 1.807) is 30.5 Å². The Morgan fingerprint density at radius 3 is 2.71 bits per heavy atom. The van der Waals surface area contributed by atoms with E-state index in [0.717, 1.165) is 5.39 Å². The van der Waals surface area contributed by atoms with Crippen molar-refractivity contribution in [1.29, 1.82) is 0 Å². The van der Waals surface area contributed by atoms with Crippen molar-refractivity contribution in [1.82, 2.24) is 9.78 Å². The second-order valence-electron chi connectivity index (χ2n) is 4.67. The van der Waals surface area contributed by atoms with Crippen molar-refractivity contribution in [3.63, 3.8) is 0 Å². The van der Waals surface area contributed by atoms with Crippen molar-refractivity contribution in [2.75, 3.05) is 11.9 Å². The fraction of sp³-hybridized carbons (Fsp3) is 0.125. The molecule has 0 amide bonds. The molecule has 0 unspecified atom stereocenters. The Balaban J connectivity index is 1.76. The van der Waals surface area contributed by atoms with Gasteiger partial charge in [-0.25, -0.2) is 9.07 Å². The summed E-state index contributed by atoms with van der Waals surface area (Å²) in [5.41, 5.74) is 0.287. The maximum absolute atomic E-state index is 13.5. The third-order valence-electron chi connectivity index (χ3n) is 3.27. The SMILES string of the molecule is O=c1c2ccccc2cnn1CCNc1ccccc1F. The number of para-hydroxylation sites is 1. The maximum atomic E-state index is 13.5. The summed E-state index contributed by atoms with van der Waals surface area (Å²) >= 11 is 0. The van der Waals surface area contributed by atoms with E-state index in [4.69, 9.17) is 0 Å². The van der Waals surface area contributed by atoms with Gasteiger partial charge in [-0.15, -0.1) is 0 Å². The van der Waals surface area contributed by atoms with Crippen LogP contribution < -0.4 is 10.9 Å². The fourth-order valence-electron chi connectivity index (χ4n) is 2.19. The second kappa shape index (κ2) is 5.75. The largest absolute Gasteiger partial charge is 0.381 e. The van der Waals surface area contributed by atoms with Gasteiger partial charge < -0.3 is 5.32 Å². The van der Waals surface area contributed by atoms with Gasteiger partial charge in [-0.3, -0.25) is 4.79 Å². The van der Waals surface area contributed by atoms with E-state index in [1.165, 1.54) is 10.7 Å². The summed E-state index contributed by atoms with van der Waals surface area (Å²) in [6.07, 6.45) is 1.67. The van der Waals surface area contributed by atoms with Crippen molar-refractivity contribution in [2.45, 2.75) is 6.54 Å². The van der Waals surface area contributed by atoms with E-state index < -0.39 is 0 Å². The molecule has 0 saturated carbocycles. The van der Waals surface area contributed by atoms with Crippen molar-refractivity contribution < 1.29 is 4.39 Å². The standard InChI is InChI=1S/C16H14FN3O/c17-14-7-3-4-8-15(14)18-9-10-20-16(21)13-6-2-1-5-12(13)11-19-20/h1-8,11,18H,9-10H2. The van der Waals surface area contributed by atoms with E-state index >= 15 is 0 Å². The zero-order valence-corrected chi connectivity index (χ0v) is 11.3. The average molecular weight is 283 g/mol. The minimum Gasteiger partial charge on any atom is -0.381 e. The molecule has 106 valence electrons. The highest BCUT2D eigenvalue weighted by atomic mass is 19.1. The first-order chi connectivity index (χ1) is 10.3. The van der Waals surface area contributed by atoms with Crippen LogP contribution >= 0.6 is 0 Å². The summed E-state index contributed by atoms with van der Waals surface area (Å²) in [6.45, 7) is 0.796. The van der Waals surface area contributed by atoms with E-state index in [0.29, 0.717) is 24.2 Å². The van der Waals surface area contributed by atoms with Gasteiger partial charge in [-0.2, -0.15) is 5.10 Å². The van der Waals surface area contributed by atoms with Gasteiger partial charge in [0, 0.05) is 11.9 Å². The van der Waals surface area contributed by atoms with Gasteiger partial charge in [0.2, 0.25) is 0 Å². The number of hydrogen-bond acceptors (Lipinski definition) is 3. The van der Waals surface area contributed by atoms with Gasteiger partial charge in [-0.05, 0) is 18.2 Å². The van der Waals surface area contributed by atoms with Crippen molar-refractivity contribution in [2.24, 2.45) is 0 Å². The molecule has 0 aliphatic carbocycles. The summed E-state index contributed by atoms with van der Waals surface area (Å²) < 4.78 is 14.8. The van der Waals surface area contributed by atoms with Gasteiger partial charge in [0.15, 0.2) is 0 Å². The third kappa shape index (κ3) is 2.76. The lowest BCUT2D eigenvalue weighted by Gasteiger charge is -2.09. The van der Waals surface area contributed by atoms with Crippen molar-refractivity contribution in [3.05, 3.63) is 70.9 Å². The van der Waals surface area contributed by atoms with Crippen molar-refractivity contribution in [3.8, 4) is 0 Å². The number of nitrogens with zero attached hydrogens (tertiary/aromatic N) is 2. The van der Waals surface area contributed by atoms with Crippen LogP contribution in [0.1, 0.15) is 0 Å². The van der Waals surface area contributed by atoms with E-state index in [9.17, 15) is 9.18 Å². The van der Waals surface area contributed by atoms with Gasteiger partial charge >= 0.3 is 0 Å². The molecular weight excluding hydrogens is 269 g/mol. The summed E-state index contributed by atoms with van der Waals surface area (Å²) in [4.78, 5) is 12.2. The van der Waals surface area contributed by atoms with Crippen LogP contribution in [-0.4, -0.2) is 16.3 Å². The Kier molecular flexibility index (Phi) is 3.64. The molecule has 21 heavy (non-hydrogen) atoms. The first kappa shape index (κ1) is 13.3. The van der Waals surface area contributed by atoms with Crippen LogP contribution in [0.15, 0.2) is 59.5 Å². The fourth-order valence-corrected chi connectivity index (χ4v) is 2.19. The van der Waals surface area contributed by atoms with Gasteiger partial charge in [0.1, 0.15) is 5.82 Å². The molecule has 4 nitrogen and oxygen atoms in total. The average Bonchev–Trinajstić information content (AvgIpc) is 2.52. The highest BCUT2D eigenvalue weighted by Gasteiger charge is 2.04. The molecule has 1 N–H and O–H groups in total. The lowest BCUT2D eigenvalue weighted by molar-refractivity contribution is 0.598. The van der Waals surface area contributed by atoms with E-state index in [2.05, 4.69) is 10.4 Å². The van der Waals surface area contributed by atoms with Crippen LogP contribution in [0.2, 0.25) is 0 Å². The van der Waals surface area contributed by atoms with Crippen LogP contribution in [-0.2, 0) is 6.54 Å². The van der Waals surface area contributed by atoms with Gasteiger partial charge in [-0.1, -0.05) is 30.3 Å². The minimum absolute atomic E-state index is 0.136. The molecule has 1 aromatic heterocycles. The van der Waals surface area contributed by atoms with Crippen LogP contribution in [0.25, 0.3) is 10.8 Å². The number of hydrogen-bond donors (Lipinski definition) is 1. The molecule has 0 aliphatic heterocycles. The predicted octanol–water partition coefficient (Wildman–Crippen LogP) is 2.65. The van der Waals surface area contributed by atoms with E-state index in [1.807, 2.05) is 18.2 Å². The van der Waals surface area contributed by atoms with Crippen molar-refractivity contribution >= 4 is 16.5 Å². The summed E-state index contributed by atoms with van der Waals surface area (Å²) in [7, 11) is 0. The van der Waals surface area contributed by atoms with Gasteiger partial charge in [0.25, 0.3) is 5.56 Å². The smallest absolute Gasteiger partial charge is 0.274 e. The second-order valence-corrected chi connectivity index (χ2v) is 4.67. The number of rotatable bonds is 4. The molecule has 0 fully saturated rings. The Hall–Kier alpha value is -2.69. The quantitative estimate of drug-likeness (QED) is 0.800. The Morgan fingerprint density at radius 1 is 1.10 bits per heavy atom. The number of anilines is 1. The summed E-state index contributed by atoms with van der Waals surface area (Å²) in [5, 5.41) is 8.55. The number of nitrogens with one attached hydrogen (secondary N) is 1. The monoisotopic (exact) mass is 283 g/mol.